The van der Waals surface area contributed by atoms with Crippen molar-refractivity contribution in [2.24, 2.45) is 0 Å². The molecule has 1 aliphatic rings. The van der Waals surface area contributed by atoms with Crippen molar-refractivity contribution in [3.05, 3.63) is 48.6 Å². The van der Waals surface area contributed by atoms with E-state index in [9.17, 15) is 9.59 Å². The zero-order chi connectivity index (χ0) is 13.0. The third kappa shape index (κ3) is 2.50. The number of imide groups is 1. The number of hydrogen-bond acceptors (Lipinski definition) is 2. The molecule has 1 atom stereocenters. The molecule has 2 rings (SSSR count). The Bertz CT molecular complexity index is 437. The molecule has 1 aliphatic heterocycles. The molecule has 1 unspecified atom stereocenters. The summed E-state index contributed by atoms with van der Waals surface area (Å²) in [6.07, 6.45) is 3.95. The minimum atomic E-state index is -0.205. The summed E-state index contributed by atoms with van der Waals surface area (Å²) in [6.45, 7) is 3.72. The van der Waals surface area contributed by atoms with Crippen LogP contribution in [-0.4, -0.2) is 16.7 Å². The van der Waals surface area contributed by atoms with Crippen LogP contribution in [0.5, 0.6) is 0 Å². The van der Waals surface area contributed by atoms with Crippen molar-refractivity contribution < 1.29 is 9.59 Å². The third-order valence-corrected chi connectivity index (χ3v) is 3.20. The van der Waals surface area contributed by atoms with Gasteiger partial charge in [-0.15, -0.1) is 6.58 Å². The van der Waals surface area contributed by atoms with Crippen LogP contribution in [0.2, 0.25) is 0 Å². The summed E-state index contributed by atoms with van der Waals surface area (Å²) in [6, 6.07) is 9.46. The minimum absolute atomic E-state index is 0.0676. The zero-order valence-corrected chi connectivity index (χ0v) is 10.3. The third-order valence-electron chi connectivity index (χ3n) is 3.20. The highest BCUT2D eigenvalue weighted by molar-refractivity contribution is 5.98. The summed E-state index contributed by atoms with van der Waals surface area (Å²) in [7, 11) is 0. The number of nitrogens with zero attached hydrogens (tertiary/aromatic N) is 1. The molecule has 0 spiro atoms. The monoisotopic (exact) mass is 243 g/mol. The van der Waals surface area contributed by atoms with Crippen molar-refractivity contribution in [1.29, 1.82) is 0 Å². The van der Waals surface area contributed by atoms with Gasteiger partial charge in [-0.2, -0.15) is 0 Å². The molecule has 0 aliphatic carbocycles. The van der Waals surface area contributed by atoms with Gasteiger partial charge in [-0.1, -0.05) is 36.4 Å². The molecule has 1 aromatic rings. The van der Waals surface area contributed by atoms with E-state index in [4.69, 9.17) is 0 Å². The number of piperidine rings is 1. The van der Waals surface area contributed by atoms with Crippen LogP contribution in [0.15, 0.2) is 43.0 Å². The number of benzene rings is 1. The van der Waals surface area contributed by atoms with Crippen LogP contribution in [0.1, 0.15) is 37.3 Å². The van der Waals surface area contributed by atoms with E-state index in [1.807, 2.05) is 30.3 Å². The fourth-order valence-corrected chi connectivity index (χ4v) is 2.34. The normalized spacial score (nSPS) is 17.7. The van der Waals surface area contributed by atoms with Crippen molar-refractivity contribution >= 4 is 11.8 Å². The summed E-state index contributed by atoms with van der Waals surface area (Å²) in [5, 5.41) is 0. The summed E-state index contributed by atoms with van der Waals surface area (Å²) in [5.41, 5.74) is 0.987. The fraction of sp³-hybridized carbons (Fsp3) is 0.333. The fourth-order valence-electron chi connectivity index (χ4n) is 2.34. The summed E-state index contributed by atoms with van der Waals surface area (Å²) < 4.78 is 0. The van der Waals surface area contributed by atoms with Gasteiger partial charge >= 0.3 is 0 Å². The van der Waals surface area contributed by atoms with Crippen molar-refractivity contribution in [2.45, 2.75) is 31.7 Å². The van der Waals surface area contributed by atoms with Crippen LogP contribution in [0, 0.1) is 0 Å². The maximum Gasteiger partial charge on any atom is 0.229 e. The lowest BCUT2D eigenvalue weighted by atomic mass is 9.98. The lowest BCUT2D eigenvalue weighted by Crippen LogP contribution is -2.42. The molecule has 1 saturated heterocycles. The quantitative estimate of drug-likeness (QED) is 0.602. The second kappa shape index (κ2) is 5.63. The van der Waals surface area contributed by atoms with Gasteiger partial charge in [0, 0.05) is 12.8 Å². The van der Waals surface area contributed by atoms with Gasteiger partial charge in [-0.05, 0) is 18.4 Å². The van der Waals surface area contributed by atoms with E-state index in [1.54, 1.807) is 6.08 Å². The Balaban J connectivity index is 2.32. The lowest BCUT2D eigenvalue weighted by Gasteiger charge is -2.32. The highest BCUT2D eigenvalue weighted by atomic mass is 16.2. The Morgan fingerprint density at radius 3 is 2.33 bits per heavy atom. The van der Waals surface area contributed by atoms with Gasteiger partial charge in [0.05, 0.1) is 6.04 Å². The number of amides is 2. The number of hydrogen-bond donors (Lipinski definition) is 0. The molecule has 0 aromatic heterocycles. The Morgan fingerprint density at radius 1 is 1.17 bits per heavy atom. The van der Waals surface area contributed by atoms with Crippen LogP contribution in [0.25, 0.3) is 0 Å². The number of likely N-dealkylation sites (tertiary alicyclic amines) is 1. The Kier molecular flexibility index (Phi) is 3.92. The van der Waals surface area contributed by atoms with Gasteiger partial charge in [0.25, 0.3) is 0 Å². The van der Waals surface area contributed by atoms with E-state index in [0.29, 0.717) is 25.7 Å². The first kappa shape index (κ1) is 12.6. The van der Waals surface area contributed by atoms with Gasteiger partial charge in [-0.3, -0.25) is 14.5 Å². The Labute approximate surface area is 107 Å². The van der Waals surface area contributed by atoms with Gasteiger partial charge < -0.3 is 0 Å². The van der Waals surface area contributed by atoms with E-state index in [0.717, 1.165) is 5.56 Å². The van der Waals surface area contributed by atoms with Crippen molar-refractivity contribution in [3.8, 4) is 0 Å². The standard InChI is InChI=1S/C15H17NO2/c1-2-7-13(12-8-4-3-5-9-12)16-14(17)10-6-11-15(16)18/h2-5,8-9,13H,1,6-7,10-11H2. The number of rotatable bonds is 4. The number of carbonyl (C=O) groups excluding carboxylic acids is 2. The largest absolute Gasteiger partial charge is 0.275 e. The second-order valence-corrected chi connectivity index (χ2v) is 4.46. The summed E-state index contributed by atoms with van der Waals surface area (Å²) in [4.78, 5) is 25.3. The van der Waals surface area contributed by atoms with Crippen LogP contribution in [-0.2, 0) is 9.59 Å². The predicted molar refractivity (Wildman–Crippen MR) is 69.7 cm³/mol. The molecule has 94 valence electrons. The van der Waals surface area contributed by atoms with E-state index < -0.39 is 0 Å². The zero-order valence-electron chi connectivity index (χ0n) is 10.3. The van der Waals surface area contributed by atoms with E-state index in [-0.39, 0.29) is 17.9 Å². The smallest absolute Gasteiger partial charge is 0.229 e. The van der Waals surface area contributed by atoms with Crippen LogP contribution in [0.4, 0.5) is 0 Å². The first-order chi connectivity index (χ1) is 8.74. The molecule has 18 heavy (non-hydrogen) atoms. The van der Waals surface area contributed by atoms with Gasteiger partial charge in [0.2, 0.25) is 11.8 Å². The lowest BCUT2D eigenvalue weighted by molar-refractivity contribution is -0.151. The molecule has 0 bridgehead atoms. The predicted octanol–water partition coefficient (Wildman–Crippen LogP) is 2.84. The van der Waals surface area contributed by atoms with Crippen LogP contribution >= 0.6 is 0 Å². The van der Waals surface area contributed by atoms with Gasteiger partial charge in [-0.25, -0.2) is 0 Å². The maximum atomic E-state index is 12.0. The minimum Gasteiger partial charge on any atom is -0.275 e. The van der Waals surface area contributed by atoms with E-state index in [2.05, 4.69) is 6.58 Å². The van der Waals surface area contributed by atoms with Gasteiger partial charge in [0.1, 0.15) is 0 Å². The molecule has 0 radical (unpaired) electrons. The number of carbonyl (C=O) groups is 2. The molecular weight excluding hydrogens is 226 g/mol. The molecule has 2 amide bonds. The highest BCUT2D eigenvalue weighted by Crippen LogP contribution is 2.29. The topological polar surface area (TPSA) is 37.4 Å². The van der Waals surface area contributed by atoms with E-state index >= 15 is 0 Å². The first-order valence-corrected chi connectivity index (χ1v) is 6.24. The van der Waals surface area contributed by atoms with Crippen molar-refractivity contribution in [3.63, 3.8) is 0 Å². The molecule has 0 saturated carbocycles. The molecule has 1 heterocycles. The van der Waals surface area contributed by atoms with Crippen molar-refractivity contribution in [1.82, 2.24) is 4.90 Å². The Hall–Kier alpha value is -1.90. The molecule has 1 fully saturated rings. The summed E-state index contributed by atoms with van der Waals surface area (Å²) in [5.74, 6) is -0.135. The first-order valence-electron chi connectivity index (χ1n) is 6.24. The average Bonchev–Trinajstić information content (AvgIpc) is 2.38. The average molecular weight is 243 g/mol. The summed E-state index contributed by atoms with van der Waals surface area (Å²) >= 11 is 0. The molecule has 0 N–H and O–H groups in total. The molecule has 3 nitrogen and oxygen atoms in total. The van der Waals surface area contributed by atoms with Crippen molar-refractivity contribution in [2.75, 3.05) is 0 Å². The van der Waals surface area contributed by atoms with Crippen LogP contribution < -0.4 is 0 Å². The SMILES string of the molecule is C=CCC(c1ccccc1)N1C(=O)CCCC1=O. The highest BCUT2D eigenvalue weighted by Gasteiger charge is 2.32. The second-order valence-electron chi connectivity index (χ2n) is 4.46. The molecule has 1 aromatic carbocycles. The van der Waals surface area contributed by atoms with E-state index in [1.165, 1.54) is 4.90 Å². The maximum absolute atomic E-state index is 12.0. The molecular formula is C15H17NO2. The Morgan fingerprint density at radius 2 is 1.78 bits per heavy atom. The molecule has 3 heteroatoms. The van der Waals surface area contributed by atoms with Crippen LogP contribution in [0.3, 0.4) is 0 Å². The van der Waals surface area contributed by atoms with Gasteiger partial charge in [0.15, 0.2) is 0 Å².